The van der Waals surface area contributed by atoms with E-state index in [1.165, 1.54) is 33.5 Å². The molecular formula is C15H20O6. The minimum atomic E-state index is -0.528. The van der Waals surface area contributed by atoms with Crippen molar-refractivity contribution in [2.75, 3.05) is 21.3 Å². The van der Waals surface area contributed by atoms with Gasteiger partial charge in [-0.1, -0.05) is 13.3 Å². The van der Waals surface area contributed by atoms with Gasteiger partial charge in [0.05, 0.1) is 21.3 Å². The standard InChI is InChI=1S/C15H20O6/c1-5-6-7-10-11(8-9-12(16)18-2)21-15(20-4)13(10)14(17)19-3/h8-9H,5-7H2,1-4H3/b9-8+. The highest BCUT2D eigenvalue weighted by Crippen LogP contribution is 2.32. The first-order valence-electron chi connectivity index (χ1n) is 6.62. The number of hydrogen-bond acceptors (Lipinski definition) is 6. The number of carbonyl (C=O) groups is 2. The fraction of sp³-hybridized carbons (Fsp3) is 0.467. The van der Waals surface area contributed by atoms with Crippen LogP contribution in [-0.4, -0.2) is 33.3 Å². The fourth-order valence-electron chi connectivity index (χ4n) is 1.86. The van der Waals surface area contributed by atoms with E-state index in [2.05, 4.69) is 4.74 Å². The number of hydrogen-bond donors (Lipinski definition) is 0. The molecule has 6 nitrogen and oxygen atoms in total. The molecule has 1 aromatic rings. The molecule has 0 amide bonds. The lowest BCUT2D eigenvalue weighted by molar-refractivity contribution is -0.134. The van der Waals surface area contributed by atoms with Crippen molar-refractivity contribution in [3.8, 4) is 5.95 Å². The zero-order valence-electron chi connectivity index (χ0n) is 12.7. The summed E-state index contributed by atoms with van der Waals surface area (Å²) >= 11 is 0. The number of carbonyl (C=O) groups excluding carboxylic acids is 2. The lowest BCUT2D eigenvalue weighted by Gasteiger charge is -2.02. The molecule has 0 aromatic carbocycles. The summed E-state index contributed by atoms with van der Waals surface area (Å²) in [6.45, 7) is 2.04. The van der Waals surface area contributed by atoms with E-state index in [1.807, 2.05) is 6.92 Å². The Labute approximate surface area is 123 Å². The van der Waals surface area contributed by atoms with Gasteiger partial charge in [-0.05, 0) is 18.9 Å². The minimum absolute atomic E-state index is 0.0810. The molecule has 0 N–H and O–H groups in total. The van der Waals surface area contributed by atoms with Crippen molar-refractivity contribution in [3.63, 3.8) is 0 Å². The van der Waals surface area contributed by atoms with Gasteiger partial charge in [0.25, 0.3) is 5.95 Å². The normalized spacial score (nSPS) is 10.7. The highest BCUT2D eigenvalue weighted by molar-refractivity contribution is 5.95. The smallest absolute Gasteiger partial charge is 0.345 e. The molecule has 0 unspecified atom stereocenters. The van der Waals surface area contributed by atoms with Crippen LogP contribution in [-0.2, 0) is 20.7 Å². The number of esters is 2. The Morgan fingerprint density at radius 2 is 1.90 bits per heavy atom. The lowest BCUT2D eigenvalue weighted by atomic mass is 10.0. The number of ether oxygens (including phenoxy) is 3. The van der Waals surface area contributed by atoms with E-state index in [4.69, 9.17) is 13.9 Å². The van der Waals surface area contributed by atoms with Crippen molar-refractivity contribution in [1.29, 1.82) is 0 Å². The molecule has 6 heteroatoms. The first kappa shape index (κ1) is 16.8. The largest absolute Gasteiger partial charge is 0.468 e. The Balaban J connectivity index is 3.27. The van der Waals surface area contributed by atoms with Crippen LogP contribution in [0.15, 0.2) is 10.5 Å². The van der Waals surface area contributed by atoms with E-state index in [9.17, 15) is 9.59 Å². The van der Waals surface area contributed by atoms with Crippen LogP contribution in [0.4, 0.5) is 0 Å². The summed E-state index contributed by atoms with van der Waals surface area (Å²) < 4.78 is 19.9. The van der Waals surface area contributed by atoms with E-state index >= 15 is 0 Å². The maximum Gasteiger partial charge on any atom is 0.345 e. The molecule has 0 fully saturated rings. The van der Waals surface area contributed by atoms with E-state index in [1.54, 1.807) is 0 Å². The third kappa shape index (κ3) is 4.11. The van der Waals surface area contributed by atoms with Gasteiger partial charge < -0.3 is 18.6 Å². The van der Waals surface area contributed by atoms with E-state index in [-0.39, 0.29) is 11.5 Å². The van der Waals surface area contributed by atoms with Gasteiger partial charge >= 0.3 is 11.9 Å². The number of rotatable bonds is 7. The Morgan fingerprint density at radius 1 is 1.19 bits per heavy atom. The Hall–Kier alpha value is -2.24. The highest BCUT2D eigenvalue weighted by Gasteiger charge is 2.26. The fourth-order valence-corrected chi connectivity index (χ4v) is 1.86. The summed E-state index contributed by atoms with van der Waals surface area (Å²) in [7, 11) is 3.98. The first-order chi connectivity index (χ1) is 10.1. The SMILES string of the molecule is CCCCc1c(/C=C/C(=O)OC)oc(OC)c1C(=O)OC. The van der Waals surface area contributed by atoms with Crippen LogP contribution in [0.25, 0.3) is 6.08 Å². The third-order valence-corrected chi connectivity index (χ3v) is 2.93. The predicted octanol–water partition coefficient (Wildman–Crippen LogP) is 2.60. The zero-order chi connectivity index (χ0) is 15.8. The number of methoxy groups -OCH3 is 3. The molecule has 1 heterocycles. The van der Waals surface area contributed by atoms with Gasteiger partial charge in [-0.3, -0.25) is 0 Å². The van der Waals surface area contributed by atoms with Crippen LogP contribution in [0.1, 0.15) is 41.4 Å². The Kier molecular flexibility index (Phi) is 6.52. The van der Waals surface area contributed by atoms with Crippen molar-refractivity contribution in [2.24, 2.45) is 0 Å². The van der Waals surface area contributed by atoms with Crippen LogP contribution < -0.4 is 4.74 Å². The van der Waals surface area contributed by atoms with Crippen LogP contribution >= 0.6 is 0 Å². The van der Waals surface area contributed by atoms with Gasteiger partial charge in [-0.2, -0.15) is 0 Å². The Bertz CT molecular complexity index is 527. The number of furan rings is 1. The minimum Gasteiger partial charge on any atom is -0.468 e. The van der Waals surface area contributed by atoms with Crippen LogP contribution in [0.3, 0.4) is 0 Å². The van der Waals surface area contributed by atoms with Crippen molar-refractivity contribution >= 4 is 18.0 Å². The van der Waals surface area contributed by atoms with Gasteiger partial charge in [0.1, 0.15) is 11.3 Å². The highest BCUT2D eigenvalue weighted by atomic mass is 16.6. The van der Waals surface area contributed by atoms with Crippen molar-refractivity contribution in [3.05, 3.63) is 23.0 Å². The van der Waals surface area contributed by atoms with Crippen molar-refractivity contribution in [2.45, 2.75) is 26.2 Å². The van der Waals surface area contributed by atoms with Crippen LogP contribution in [0.5, 0.6) is 5.95 Å². The quantitative estimate of drug-likeness (QED) is 0.568. The lowest BCUT2D eigenvalue weighted by Crippen LogP contribution is -2.06. The summed E-state index contributed by atoms with van der Waals surface area (Å²) in [4.78, 5) is 23.1. The average Bonchev–Trinajstić information content (AvgIpc) is 2.87. The second-order valence-electron chi connectivity index (χ2n) is 4.26. The molecule has 1 aromatic heterocycles. The van der Waals surface area contributed by atoms with Gasteiger partial charge in [0.2, 0.25) is 0 Å². The summed E-state index contributed by atoms with van der Waals surface area (Å²) in [6.07, 6.45) is 5.13. The maximum atomic E-state index is 11.9. The van der Waals surface area contributed by atoms with Crippen LogP contribution in [0, 0.1) is 0 Å². The molecule has 0 aliphatic rings. The molecule has 21 heavy (non-hydrogen) atoms. The summed E-state index contributed by atoms with van der Waals surface area (Å²) in [5, 5.41) is 0. The topological polar surface area (TPSA) is 75.0 Å². The average molecular weight is 296 g/mol. The molecule has 0 saturated carbocycles. The Morgan fingerprint density at radius 3 is 2.43 bits per heavy atom. The molecule has 0 spiro atoms. The summed E-state index contributed by atoms with van der Waals surface area (Å²) in [5.74, 6) is -0.561. The summed E-state index contributed by atoms with van der Waals surface area (Å²) in [5.41, 5.74) is 0.929. The molecule has 0 radical (unpaired) electrons. The third-order valence-electron chi connectivity index (χ3n) is 2.93. The van der Waals surface area contributed by atoms with Gasteiger partial charge in [0.15, 0.2) is 0 Å². The zero-order valence-corrected chi connectivity index (χ0v) is 12.7. The second kappa shape index (κ2) is 8.14. The van der Waals surface area contributed by atoms with Gasteiger partial charge in [-0.25, -0.2) is 9.59 Å². The van der Waals surface area contributed by atoms with Gasteiger partial charge in [-0.15, -0.1) is 0 Å². The molecule has 116 valence electrons. The van der Waals surface area contributed by atoms with Crippen molar-refractivity contribution in [1.82, 2.24) is 0 Å². The van der Waals surface area contributed by atoms with Crippen LogP contribution in [0.2, 0.25) is 0 Å². The molecule has 0 atom stereocenters. The van der Waals surface area contributed by atoms with E-state index in [0.717, 1.165) is 12.8 Å². The van der Waals surface area contributed by atoms with E-state index < -0.39 is 11.9 Å². The molecule has 0 aliphatic heterocycles. The second-order valence-corrected chi connectivity index (χ2v) is 4.26. The van der Waals surface area contributed by atoms with Crippen molar-refractivity contribution < 1.29 is 28.2 Å². The monoisotopic (exact) mass is 296 g/mol. The molecular weight excluding hydrogens is 276 g/mol. The molecule has 0 saturated heterocycles. The molecule has 0 bridgehead atoms. The molecule has 0 aliphatic carbocycles. The first-order valence-corrected chi connectivity index (χ1v) is 6.62. The molecule has 1 rings (SSSR count). The number of unbranched alkanes of at least 4 members (excludes halogenated alkanes) is 1. The van der Waals surface area contributed by atoms with Gasteiger partial charge in [0, 0.05) is 11.6 Å². The van der Waals surface area contributed by atoms with E-state index in [0.29, 0.717) is 17.7 Å². The predicted molar refractivity (Wildman–Crippen MR) is 76.3 cm³/mol. The maximum absolute atomic E-state index is 11.9. The summed E-state index contributed by atoms with van der Waals surface area (Å²) in [6, 6.07) is 0.